The molecule has 0 unspecified atom stereocenters. The summed E-state index contributed by atoms with van der Waals surface area (Å²) < 4.78 is 0. The molecular weight excluding hydrogens is 206 g/mol. The van der Waals surface area contributed by atoms with E-state index in [1.807, 2.05) is 0 Å². The molecule has 4 heteroatoms. The lowest BCUT2D eigenvalue weighted by atomic mass is 9.97. The van der Waals surface area contributed by atoms with E-state index >= 15 is 0 Å². The highest BCUT2D eigenvalue weighted by Crippen LogP contribution is 2.30. The van der Waals surface area contributed by atoms with Crippen molar-refractivity contribution < 1.29 is 14.7 Å². The highest BCUT2D eigenvalue weighted by molar-refractivity contribution is 5.87. The lowest BCUT2D eigenvalue weighted by molar-refractivity contribution is -0.147. The van der Waals surface area contributed by atoms with Crippen LogP contribution < -0.4 is 5.32 Å². The van der Waals surface area contributed by atoms with E-state index in [2.05, 4.69) is 19.2 Å². The molecule has 0 aromatic rings. The molecule has 0 saturated heterocycles. The van der Waals surface area contributed by atoms with Crippen LogP contribution in [-0.4, -0.2) is 22.5 Å². The fraction of sp³-hybridized carbons (Fsp3) is 0.833. The maximum atomic E-state index is 11.6. The van der Waals surface area contributed by atoms with Gasteiger partial charge < -0.3 is 10.4 Å². The second-order valence-corrected chi connectivity index (χ2v) is 5.08. The van der Waals surface area contributed by atoms with Crippen LogP contribution in [0.25, 0.3) is 0 Å². The zero-order chi connectivity index (χ0) is 12.2. The number of carboxylic acid groups (broad SMARTS) is 1. The molecule has 0 aromatic carbocycles. The summed E-state index contributed by atoms with van der Waals surface area (Å²) in [5.41, 5.74) is -0.978. The van der Waals surface area contributed by atoms with E-state index in [0.29, 0.717) is 25.2 Å². The second kappa shape index (κ2) is 5.32. The third-order valence-corrected chi connectivity index (χ3v) is 3.19. The van der Waals surface area contributed by atoms with Crippen molar-refractivity contribution in [3.8, 4) is 0 Å². The van der Waals surface area contributed by atoms with Crippen LogP contribution in [0.5, 0.6) is 0 Å². The maximum Gasteiger partial charge on any atom is 0.329 e. The van der Waals surface area contributed by atoms with E-state index < -0.39 is 11.5 Å². The molecule has 0 radical (unpaired) electrons. The number of carbonyl (C=O) groups is 2. The van der Waals surface area contributed by atoms with E-state index in [-0.39, 0.29) is 5.91 Å². The van der Waals surface area contributed by atoms with Gasteiger partial charge in [-0.3, -0.25) is 4.79 Å². The summed E-state index contributed by atoms with van der Waals surface area (Å²) in [4.78, 5) is 22.8. The predicted molar refractivity (Wildman–Crippen MR) is 61.0 cm³/mol. The fourth-order valence-electron chi connectivity index (χ4n) is 2.12. The van der Waals surface area contributed by atoms with Gasteiger partial charge in [-0.05, 0) is 25.2 Å². The zero-order valence-corrected chi connectivity index (χ0v) is 10.1. The average molecular weight is 227 g/mol. The second-order valence-electron chi connectivity index (χ2n) is 5.08. The van der Waals surface area contributed by atoms with Crippen molar-refractivity contribution in [2.75, 3.05) is 0 Å². The van der Waals surface area contributed by atoms with Gasteiger partial charge in [-0.1, -0.05) is 26.7 Å². The molecule has 0 spiro atoms. The van der Waals surface area contributed by atoms with Crippen molar-refractivity contribution >= 4 is 11.9 Å². The Balaban J connectivity index is 2.49. The Morgan fingerprint density at radius 3 is 2.31 bits per heavy atom. The first-order valence-electron chi connectivity index (χ1n) is 6.01. The summed E-state index contributed by atoms with van der Waals surface area (Å²) >= 11 is 0. The number of carbonyl (C=O) groups excluding carboxylic acids is 1. The van der Waals surface area contributed by atoms with Crippen molar-refractivity contribution in [1.82, 2.24) is 5.32 Å². The van der Waals surface area contributed by atoms with E-state index in [0.717, 1.165) is 19.3 Å². The lowest BCUT2D eigenvalue weighted by Crippen LogP contribution is -2.52. The van der Waals surface area contributed by atoms with Crippen molar-refractivity contribution in [3.63, 3.8) is 0 Å². The minimum Gasteiger partial charge on any atom is -0.480 e. The molecule has 1 fully saturated rings. The topological polar surface area (TPSA) is 66.4 Å². The molecule has 4 nitrogen and oxygen atoms in total. The average Bonchev–Trinajstić information content (AvgIpc) is 2.64. The van der Waals surface area contributed by atoms with E-state index in [1.54, 1.807) is 0 Å². The van der Waals surface area contributed by atoms with E-state index in [1.165, 1.54) is 0 Å². The number of hydrogen-bond donors (Lipinski definition) is 2. The molecule has 0 aromatic heterocycles. The summed E-state index contributed by atoms with van der Waals surface area (Å²) in [5.74, 6) is -0.545. The molecule has 16 heavy (non-hydrogen) atoms. The lowest BCUT2D eigenvalue weighted by Gasteiger charge is -2.25. The highest BCUT2D eigenvalue weighted by atomic mass is 16.4. The summed E-state index contributed by atoms with van der Waals surface area (Å²) in [5, 5.41) is 11.9. The zero-order valence-electron chi connectivity index (χ0n) is 10.1. The maximum absolute atomic E-state index is 11.6. The van der Waals surface area contributed by atoms with Crippen molar-refractivity contribution in [1.29, 1.82) is 0 Å². The fourth-order valence-corrected chi connectivity index (χ4v) is 2.12. The molecule has 1 aliphatic carbocycles. The molecule has 0 atom stereocenters. The van der Waals surface area contributed by atoms with Gasteiger partial charge in [0, 0.05) is 6.42 Å². The molecular formula is C12H21NO3. The van der Waals surface area contributed by atoms with Crippen LogP contribution in [0.15, 0.2) is 0 Å². The number of rotatable bonds is 5. The Morgan fingerprint density at radius 1 is 1.31 bits per heavy atom. The van der Waals surface area contributed by atoms with Crippen LogP contribution in [0.2, 0.25) is 0 Å². The Morgan fingerprint density at radius 2 is 1.88 bits per heavy atom. The van der Waals surface area contributed by atoms with Gasteiger partial charge in [0.25, 0.3) is 0 Å². The summed E-state index contributed by atoms with van der Waals surface area (Å²) in [7, 11) is 0. The quantitative estimate of drug-likeness (QED) is 0.754. The first kappa shape index (κ1) is 13.0. The first-order chi connectivity index (χ1) is 7.46. The molecule has 1 aliphatic rings. The number of nitrogens with one attached hydrogen (secondary N) is 1. The Bertz CT molecular complexity index is 267. The summed E-state index contributed by atoms with van der Waals surface area (Å²) in [6, 6.07) is 0. The normalized spacial score (nSPS) is 18.7. The van der Waals surface area contributed by atoms with Crippen molar-refractivity contribution in [3.05, 3.63) is 0 Å². The molecule has 0 aliphatic heterocycles. The molecule has 1 rings (SSSR count). The molecule has 2 N–H and O–H groups in total. The number of aliphatic carboxylic acids is 1. The Labute approximate surface area is 96.4 Å². The van der Waals surface area contributed by atoms with Gasteiger partial charge in [-0.15, -0.1) is 0 Å². The molecule has 1 saturated carbocycles. The van der Waals surface area contributed by atoms with Crippen LogP contribution >= 0.6 is 0 Å². The van der Waals surface area contributed by atoms with Crippen molar-refractivity contribution in [2.24, 2.45) is 5.92 Å². The van der Waals surface area contributed by atoms with Gasteiger partial charge in [-0.2, -0.15) is 0 Å². The number of amides is 1. The van der Waals surface area contributed by atoms with E-state index in [9.17, 15) is 14.7 Å². The van der Waals surface area contributed by atoms with Gasteiger partial charge in [0.05, 0.1) is 0 Å². The van der Waals surface area contributed by atoms with Crippen LogP contribution in [0.4, 0.5) is 0 Å². The van der Waals surface area contributed by atoms with Crippen LogP contribution in [-0.2, 0) is 9.59 Å². The molecule has 1 amide bonds. The Hall–Kier alpha value is -1.06. The van der Waals surface area contributed by atoms with Crippen molar-refractivity contribution in [2.45, 2.75) is 57.9 Å². The van der Waals surface area contributed by atoms with Gasteiger partial charge in [0.2, 0.25) is 5.91 Å². The van der Waals surface area contributed by atoms with Crippen LogP contribution in [0, 0.1) is 5.92 Å². The van der Waals surface area contributed by atoms with Gasteiger partial charge >= 0.3 is 5.97 Å². The number of carboxylic acids is 1. The molecule has 0 bridgehead atoms. The van der Waals surface area contributed by atoms with Gasteiger partial charge in [0.15, 0.2) is 0 Å². The third kappa shape index (κ3) is 3.22. The summed E-state index contributed by atoms with van der Waals surface area (Å²) in [6.45, 7) is 4.10. The predicted octanol–water partition coefficient (Wildman–Crippen LogP) is 1.94. The number of hydrogen-bond acceptors (Lipinski definition) is 2. The molecule has 0 heterocycles. The first-order valence-corrected chi connectivity index (χ1v) is 6.01. The van der Waals surface area contributed by atoms with Gasteiger partial charge in [-0.25, -0.2) is 4.79 Å². The Kier molecular flexibility index (Phi) is 4.33. The van der Waals surface area contributed by atoms with Gasteiger partial charge in [0.1, 0.15) is 5.54 Å². The SMILES string of the molecule is CC(C)CCC(=O)NC1(C(=O)O)CCCC1. The largest absolute Gasteiger partial charge is 0.480 e. The smallest absolute Gasteiger partial charge is 0.329 e. The van der Waals surface area contributed by atoms with Crippen LogP contribution in [0.1, 0.15) is 52.4 Å². The van der Waals surface area contributed by atoms with Crippen LogP contribution in [0.3, 0.4) is 0 Å². The monoisotopic (exact) mass is 227 g/mol. The highest BCUT2D eigenvalue weighted by Gasteiger charge is 2.42. The third-order valence-electron chi connectivity index (χ3n) is 3.19. The minimum atomic E-state index is -0.978. The minimum absolute atomic E-state index is 0.127. The summed E-state index contributed by atoms with van der Waals surface area (Å²) in [6.07, 6.45) is 4.13. The van der Waals surface area contributed by atoms with E-state index in [4.69, 9.17) is 0 Å². The molecule has 92 valence electrons. The standard InChI is InChI=1S/C12H21NO3/c1-9(2)5-6-10(14)13-12(11(15)16)7-3-4-8-12/h9H,3-8H2,1-2H3,(H,13,14)(H,15,16).